The molecule has 1 aromatic heterocycles. The molecule has 2 atom stereocenters. The number of rotatable bonds is 6. The Morgan fingerprint density at radius 3 is 2.70 bits per heavy atom. The molecule has 1 aliphatic rings. The van der Waals surface area contributed by atoms with Gasteiger partial charge in [0.1, 0.15) is 12.4 Å². The Labute approximate surface area is 179 Å². The number of halogens is 1. The van der Waals surface area contributed by atoms with Gasteiger partial charge in [0, 0.05) is 29.7 Å². The summed E-state index contributed by atoms with van der Waals surface area (Å²) >= 11 is 6.24. The number of nitrogens with zero attached hydrogens (tertiary/aromatic N) is 2. The van der Waals surface area contributed by atoms with Crippen LogP contribution in [0.2, 0.25) is 5.02 Å². The quantitative estimate of drug-likeness (QED) is 0.625. The van der Waals surface area contributed by atoms with Gasteiger partial charge in [0.15, 0.2) is 5.78 Å². The second-order valence-corrected chi connectivity index (χ2v) is 9.31. The number of carbonyl (C=O) groups excluding carboxylic acids is 1. The SMILES string of the molecule is N[C@H]1C(C(=O)COc2ccccc2)CCN1S(=O)(=O)c1cccc2cncc(Cl)c12. The molecule has 4 rings (SSSR count). The number of Topliss-reactive ketones (excluding diaryl/α,β-unsaturated/α-hetero) is 1. The monoisotopic (exact) mass is 445 g/mol. The molecule has 2 aromatic carbocycles. The molecule has 1 saturated heterocycles. The summed E-state index contributed by atoms with van der Waals surface area (Å²) in [7, 11) is -3.97. The molecule has 0 radical (unpaired) electrons. The highest BCUT2D eigenvalue weighted by Crippen LogP contribution is 2.34. The van der Waals surface area contributed by atoms with E-state index in [0.717, 1.165) is 0 Å². The van der Waals surface area contributed by atoms with E-state index in [1.54, 1.807) is 42.6 Å². The lowest BCUT2D eigenvalue weighted by Crippen LogP contribution is -2.46. The smallest absolute Gasteiger partial charge is 0.245 e. The third kappa shape index (κ3) is 3.79. The Balaban J connectivity index is 1.56. The fraction of sp³-hybridized carbons (Fsp3) is 0.238. The number of aromatic nitrogens is 1. The van der Waals surface area contributed by atoms with Crippen LogP contribution in [0.3, 0.4) is 0 Å². The summed E-state index contributed by atoms with van der Waals surface area (Å²) in [5, 5.41) is 1.24. The van der Waals surface area contributed by atoms with Crippen molar-refractivity contribution >= 4 is 38.2 Å². The zero-order valence-electron chi connectivity index (χ0n) is 15.9. The molecule has 0 bridgehead atoms. The molecule has 7 nitrogen and oxygen atoms in total. The molecule has 30 heavy (non-hydrogen) atoms. The van der Waals surface area contributed by atoms with Crippen molar-refractivity contribution in [3.05, 3.63) is 65.9 Å². The van der Waals surface area contributed by atoms with Crippen LogP contribution in [-0.4, -0.2) is 42.8 Å². The molecule has 9 heteroatoms. The van der Waals surface area contributed by atoms with Crippen LogP contribution < -0.4 is 10.5 Å². The Hall–Kier alpha value is -2.52. The van der Waals surface area contributed by atoms with E-state index < -0.39 is 22.1 Å². The Morgan fingerprint density at radius 2 is 1.93 bits per heavy atom. The number of benzene rings is 2. The van der Waals surface area contributed by atoms with Crippen LogP contribution in [0.4, 0.5) is 0 Å². The lowest BCUT2D eigenvalue weighted by Gasteiger charge is -2.24. The number of carbonyl (C=O) groups is 1. The number of fused-ring (bicyclic) bond motifs is 1. The largest absolute Gasteiger partial charge is 0.486 e. The second-order valence-electron chi connectivity index (χ2n) is 7.05. The molecule has 0 spiro atoms. The zero-order valence-corrected chi connectivity index (χ0v) is 17.5. The average Bonchev–Trinajstić information content (AvgIpc) is 3.15. The topological polar surface area (TPSA) is 103 Å². The third-order valence-electron chi connectivity index (χ3n) is 5.23. The molecule has 0 amide bonds. The molecule has 0 saturated carbocycles. The maximum atomic E-state index is 13.4. The van der Waals surface area contributed by atoms with Crippen molar-refractivity contribution < 1.29 is 17.9 Å². The van der Waals surface area contributed by atoms with E-state index in [1.165, 1.54) is 16.6 Å². The van der Waals surface area contributed by atoms with Crippen molar-refractivity contribution in [2.75, 3.05) is 13.2 Å². The number of pyridine rings is 1. The van der Waals surface area contributed by atoms with Crippen molar-refractivity contribution in [3.63, 3.8) is 0 Å². The van der Waals surface area contributed by atoms with Crippen LogP contribution in [0.5, 0.6) is 5.75 Å². The van der Waals surface area contributed by atoms with Gasteiger partial charge in [-0.05, 0) is 24.6 Å². The Kier molecular flexibility index (Phi) is 5.75. The molecule has 1 fully saturated rings. The normalized spacial score (nSPS) is 19.8. The molecular formula is C21H20ClN3O4S. The minimum atomic E-state index is -3.97. The summed E-state index contributed by atoms with van der Waals surface area (Å²) in [5.74, 6) is -0.305. The summed E-state index contributed by atoms with van der Waals surface area (Å²) in [5.41, 5.74) is 6.22. The van der Waals surface area contributed by atoms with Crippen LogP contribution >= 0.6 is 11.6 Å². The summed E-state index contributed by atoms with van der Waals surface area (Å²) in [6, 6.07) is 13.8. The van der Waals surface area contributed by atoms with Crippen LogP contribution in [0.1, 0.15) is 6.42 Å². The highest BCUT2D eigenvalue weighted by atomic mass is 35.5. The van der Waals surface area contributed by atoms with Gasteiger partial charge in [-0.15, -0.1) is 0 Å². The summed E-state index contributed by atoms with van der Waals surface area (Å²) in [6.07, 6.45) is 2.31. The summed E-state index contributed by atoms with van der Waals surface area (Å²) in [4.78, 5) is 16.7. The summed E-state index contributed by atoms with van der Waals surface area (Å²) < 4.78 is 33.4. The van der Waals surface area contributed by atoms with Crippen molar-refractivity contribution in [2.24, 2.45) is 11.7 Å². The van der Waals surface area contributed by atoms with Gasteiger partial charge in [-0.1, -0.05) is 41.9 Å². The minimum Gasteiger partial charge on any atom is -0.486 e. The van der Waals surface area contributed by atoms with Crippen molar-refractivity contribution in [1.82, 2.24) is 9.29 Å². The predicted molar refractivity (Wildman–Crippen MR) is 114 cm³/mol. The maximum Gasteiger partial charge on any atom is 0.245 e. The van der Waals surface area contributed by atoms with E-state index in [4.69, 9.17) is 22.1 Å². The van der Waals surface area contributed by atoms with Crippen molar-refractivity contribution in [3.8, 4) is 5.75 Å². The predicted octanol–water partition coefficient (Wildman–Crippen LogP) is 2.83. The highest BCUT2D eigenvalue weighted by molar-refractivity contribution is 7.89. The number of hydrogen-bond acceptors (Lipinski definition) is 6. The maximum absolute atomic E-state index is 13.4. The Bertz CT molecular complexity index is 1180. The van der Waals surface area contributed by atoms with E-state index in [2.05, 4.69) is 4.98 Å². The molecule has 2 heterocycles. The molecule has 156 valence electrons. The van der Waals surface area contributed by atoms with Crippen molar-refractivity contribution in [1.29, 1.82) is 0 Å². The highest BCUT2D eigenvalue weighted by Gasteiger charge is 2.43. The van der Waals surface area contributed by atoms with Gasteiger partial charge in [-0.2, -0.15) is 4.31 Å². The van der Waals surface area contributed by atoms with Crippen LogP contribution in [0.15, 0.2) is 65.8 Å². The fourth-order valence-corrected chi connectivity index (χ4v) is 5.82. The van der Waals surface area contributed by atoms with E-state index in [-0.39, 0.29) is 28.9 Å². The van der Waals surface area contributed by atoms with E-state index in [9.17, 15) is 13.2 Å². The first-order valence-electron chi connectivity index (χ1n) is 9.40. The van der Waals surface area contributed by atoms with Crippen molar-refractivity contribution in [2.45, 2.75) is 17.5 Å². The first-order chi connectivity index (χ1) is 14.4. The van der Waals surface area contributed by atoms with Gasteiger partial charge in [-0.25, -0.2) is 8.42 Å². The van der Waals surface area contributed by atoms with Crippen LogP contribution in [0, 0.1) is 5.92 Å². The third-order valence-corrected chi connectivity index (χ3v) is 7.45. The number of para-hydroxylation sites is 1. The molecule has 1 unspecified atom stereocenters. The lowest BCUT2D eigenvalue weighted by molar-refractivity contribution is -0.125. The number of sulfonamides is 1. The zero-order chi connectivity index (χ0) is 21.3. The first-order valence-corrected chi connectivity index (χ1v) is 11.2. The number of ketones is 1. The molecule has 0 aliphatic carbocycles. The van der Waals surface area contributed by atoms with E-state index in [1.807, 2.05) is 6.07 Å². The lowest BCUT2D eigenvalue weighted by atomic mass is 10.0. The standard InChI is InChI=1S/C21H20ClN3O4S/c22-17-12-24-11-14-5-4-8-19(20(14)17)30(27,28)25-10-9-16(21(25)23)18(26)13-29-15-6-2-1-3-7-15/h1-8,11-12,16,21H,9-10,13,23H2/t16?,21-/m1/s1. The van der Waals surface area contributed by atoms with Gasteiger partial charge in [0.05, 0.1) is 22.0 Å². The van der Waals surface area contributed by atoms with E-state index in [0.29, 0.717) is 22.9 Å². The number of hydrogen-bond donors (Lipinski definition) is 1. The summed E-state index contributed by atoms with van der Waals surface area (Å²) in [6.45, 7) is -0.0215. The first kappa shape index (κ1) is 20.7. The number of nitrogens with two attached hydrogens (primary N) is 1. The molecule has 1 aliphatic heterocycles. The van der Waals surface area contributed by atoms with Crippen LogP contribution in [-0.2, 0) is 14.8 Å². The number of ether oxygens (including phenoxy) is 1. The second kappa shape index (κ2) is 8.31. The van der Waals surface area contributed by atoms with E-state index >= 15 is 0 Å². The van der Waals surface area contributed by atoms with Gasteiger partial charge in [0.2, 0.25) is 10.0 Å². The molecule has 3 aromatic rings. The molecular weight excluding hydrogens is 426 g/mol. The van der Waals surface area contributed by atoms with Gasteiger partial charge < -0.3 is 10.5 Å². The van der Waals surface area contributed by atoms with Crippen LogP contribution in [0.25, 0.3) is 10.8 Å². The van der Waals surface area contributed by atoms with Gasteiger partial charge >= 0.3 is 0 Å². The average molecular weight is 446 g/mol. The molecule has 2 N–H and O–H groups in total. The van der Waals surface area contributed by atoms with Gasteiger partial charge in [-0.3, -0.25) is 9.78 Å². The fourth-order valence-electron chi connectivity index (χ4n) is 3.70. The minimum absolute atomic E-state index is 0.0523. The van der Waals surface area contributed by atoms with Gasteiger partial charge in [0.25, 0.3) is 0 Å². The Morgan fingerprint density at radius 1 is 1.17 bits per heavy atom.